The van der Waals surface area contributed by atoms with Gasteiger partial charge in [-0.1, -0.05) is 30.3 Å². The van der Waals surface area contributed by atoms with E-state index < -0.39 is 0 Å². The van der Waals surface area contributed by atoms with Crippen LogP contribution in [0.25, 0.3) is 0 Å². The van der Waals surface area contributed by atoms with Crippen LogP contribution in [0.15, 0.2) is 54.6 Å². The molecule has 2 aromatic carbocycles. The van der Waals surface area contributed by atoms with Gasteiger partial charge in [-0.25, -0.2) is 4.79 Å². The molecular formula is C21H26N4O2. The number of carbonyl (C=O) groups is 2. The molecule has 6 nitrogen and oxygen atoms in total. The highest BCUT2D eigenvalue weighted by molar-refractivity contribution is 5.91. The van der Waals surface area contributed by atoms with Gasteiger partial charge in [0.05, 0.1) is 0 Å². The third kappa shape index (κ3) is 5.82. The lowest BCUT2D eigenvalue weighted by Gasteiger charge is -2.34. The molecule has 27 heavy (non-hydrogen) atoms. The Morgan fingerprint density at radius 1 is 0.852 bits per heavy atom. The quantitative estimate of drug-likeness (QED) is 0.855. The van der Waals surface area contributed by atoms with Crippen molar-refractivity contribution >= 4 is 23.3 Å². The first-order valence-electron chi connectivity index (χ1n) is 9.30. The Kier molecular flexibility index (Phi) is 6.44. The van der Waals surface area contributed by atoms with Gasteiger partial charge < -0.3 is 15.5 Å². The Balaban J connectivity index is 1.42. The number of benzene rings is 2. The molecule has 0 spiro atoms. The van der Waals surface area contributed by atoms with Crippen LogP contribution in [-0.4, -0.2) is 54.5 Å². The zero-order valence-corrected chi connectivity index (χ0v) is 15.6. The molecule has 3 rings (SSSR count). The maximum atomic E-state index is 12.4. The summed E-state index contributed by atoms with van der Waals surface area (Å²) in [6.45, 7) is 5.72. The Hall–Kier alpha value is -2.86. The summed E-state index contributed by atoms with van der Waals surface area (Å²) in [4.78, 5) is 27.7. The van der Waals surface area contributed by atoms with Gasteiger partial charge >= 0.3 is 6.03 Å². The van der Waals surface area contributed by atoms with Crippen LogP contribution in [0, 0.1) is 0 Å². The number of hydrogen-bond donors (Lipinski definition) is 2. The molecule has 2 N–H and O–H groups in total. The summed E-state index contributed by atoms with van der Waals surface area (Å²) < 4.78 is 0. The maximum Gasteiger partial charge on any atom is 0.321 e. The molecule has 142 valence electrons. The first kappa shape index (κ1) is 18.9. The van der Waals surface area contributed by atoms with Gasteiger partial charge in [0.2, 0.25) is 5.91 Å². The zero-order valence-electron chi connectivity index (χ0n) is 15.6. The smallest absolute Gasteiger partial charge is 0.321 e. The zero-order chi connectivity index (χ0) is 19.1. The minimum absolute atomic E-state index is 0.0787. The molecule has 0 aliphatic carbocycles. The lowest BCUT2D eigenvalue weighted by Crippen LogP contribution is -2.50. The van der Waals surface area contributed by atoms with Crippen molar-refractivity contribution in [3.8, 4) is 0 Å². The summed E-state index contributed by atoms with van der Waals surface area (Å²) >= 11 is 0. The van der Waals surface area contributed by atoms with Gasteiger partial charge in [-0.05, 0) is 36.2 Å². The minimum atomic E-state index is -0.114. The van der Waals surface area contributed by atoms with Crippen molar-refractivity contribution in [3.05, 3.63) is 60.2 Å². The molecule has 1 heterocycles. The molecule has 3 amide bonds. The molecular weight excluding hydrogens is 340 g/mol. The Bertz CT molecular complexity index is 754. The molecule has 0 radical (unpaired) electrons. The predicted molar refractivity (Wildman–Crippen MR) is 108 cm³/mol. The lowest BCUT2D eigenvalue weighted by molar-refractivity contribution is -0.114. The van der Waals surface area contributed by atoms with Gasteiger partial charge in [-0.15, -0.1) is 0 Å². The fraction of sp³-hybridized carbons (Fsp3) is 0.333. The van der Waals surface area contributed by atoms with Crippen LogP contribution >= 0.6 is 0 Å². The Morgan fingerprint density at radius 2 is 1.44 bits per heavy atom. The highest BCUT2D eigenvalue weighted by atomic mass is 16.2. The summed E-state index contributed by atoms with van der Waals surface area (Å²) in [7, 11) is 0. The molecule has 2 aromatic rings. The van der Waals surface area contributed by atoms with E-state index in [1.54, 1.807) is 24.3 Å². The lowest BCUT2D eigenvalue weighted by atomic mass is 10.1. The molecule has 1 aliphatic heterocycles. The normalized spacial score (nSPS) is 14.6. The van der Waals surface area contributed by atoms with Crippen molar-refractivity contribution in [3.63, 3.8) is 0 Å². The fourth-order valence-corrected chi connectivity index (χ4v) is 3.15. The second-order valence-electron chi connectivity index (χ2n) is 6.75. The number of carbonyl (C=O) groups excluding carboxylic acids is 2. The molecule has 0 unspecified atom stereocenters. The number of nitrogens with one attached hydrogen (secondary N) is 2. The molecule has 1 aliphatic rings. The Labute approximate surface area is 160 Å². The summed E-state index contributed by atoms with van der Waals surface area (Å²) in [5, 5.41) is 5.63. The van der Waals surface area contributed by atoms with Crippen LogP contribution in [-0.2, 0) is 11.2 Å². The molecule has 0 aromatic heterocycles. The average molecular weight is 366 g/mol. The second kappa shape index (κ2) is 9.19. The van der Waals surface area contributed by atoms with E-state index >= 15 is 0 Å². The fourth-order valence-electron chi connectivity index (χ4n) is 3.15. The van der Waals surface area contributed by atoms with Crippen molar-refractivity contribution < 1.29 is 9.59 Å². The number of amides is 3. The Morgan fingerprint density at radius 3 is 2.04 bits per heavy atom. The van der Waals surface area contributed by atoms with E-state index in [-0.39, 0.29) is 11.9 Å². The van der Waals surface area contributed by atoms with Crippen molar-refractivity contribution in [2.24, 2.45) is 0 Å². The highest BCUT2D eigenvalue weighted by Crippen LogP contribution is 2.15. The molecule has 0 bridgehead atoms. The number of nitrogens with zero attached hydrogens (tertiary/aromatic N) is 2. The van der Waals surface area contributed by atoms with E-state index in [0.717, 1.165) is 44.8 Å². The number of urea groups is 1. The van der Waals surface area contributed by atoms with E-state index in [4.69, 9.17) is 0 Å². The SMILES string of the molecule is CC(=O)Nc1ccc(NC(=O)N2CCN(CCc3ccccc3)CC2)cc1. The maximum absolute atomic E-state index is 12.4. The van der Waals surface area contributed by atoms with Crippen LogP contribution < -0.4 is 10.6 Å². The van der Waals surface area contributed by atoms with Gasteiger partial charge in [-0.3, -0.25) is 9.69 Å². The molecule has 0 atom stereocenters. The second-order valence-corrected chi connectivity index (χ2v) is 6.75. The van der Waals surface area contributed by atoms with Crippen molar-refractivity contribution in [1.29, 1.82) is 0 Å². The van der Waals surface area contributed by atoms with Crippen LogP contribution in [0.5, 0.6) is 0 Å². The molecule has 1 saturated heterocycles. The van der Waals surface area contributed by atoms with Gasteiger partial charge in [0.1, 0.15) is 0 Å². The van der Waals surface area contributed by atoms with Crippen molar-refractivity contribution in [1.82, 2.24) is 9.80 Å². The standard InChI is InChI=1S/C21H26N4O2/c1-17(26)22-19-7-9-20(10-8-19)23-21(27)25-15-13-24(14-16-25)12-11-18-5-3-2-4-6-18/h2-10H,11-16H2,1H3,(H,22,26)(H,23,27). The summed E-state index contributed by atoms with van der Waals surface area (Å²) in [6, 6.07) is 17.5. The first-order chi connectivity index (χ1) is 13.1. The molecule has 0 saturated carbocycles. The van der Waals surface area contributed by atoms with E-state index in [1.807, 2.05) is 11.0 Å². The van der Waals surface area contributed by atoms with Gasteiger partial charge in [0.25, 0.3) is 0 Å². The molecule has 1 fully saturated rings. The summed E-state index contributed by atoms with van der Waals surface area (Å²) in [6.07, 6.45) is 1.04. The van der Waals surface area contributed by atoms with E-state index in [1.165, 1.54) is 12.5 Å². The van der Waals surface area contributed by atoms with E-state index in [0.29, 0.717) is 5.69 Å². The van der Waals surface area contributed by atoms with Gasteiger partial charge in [-0.2, -0.15) is 0 Å². The van der Waals surface area contributed by atoms with Crippen LogP contribution in [0.1, 0.15) is 12.5 Å². The van der Waals surface area contributed by atoms with Gasteiger partial charge in [0.15, 0.2) is 0 Å². The monoisotopic (exact) mass is 366 g/mol. The van der Waals surface area contributed by atoms with Crippen molar-refractivity contribution in [2.45, 2.75) is 13.3 Å². The van der Waals surface area contributed by atoms with Crippen molar-refractivity contribution in [2.75, 3.05) is 43.4 Å². The third-order valence-electron chi connectivity index (χ3n) is 4.68. The third-order valence-corrected chi connectivity index (χ3v) is 4.68. The topological polar surface area (TPSA) is 64.7 Å². The van der Waals surface area contributed by atoms with Gasteiger partial charge in [0, 0.05) is 51.0 Å². The van der Waals surface area contributed by atoms with Crippen LogP contribution in [0.4, 0.5) is 16.2 Å². The number of piperazine rings is 1. The van der Waals surface area contributed by atoms with E-state index in [2.05, 4.69) is 39.8 Å². The first-order valence-corrected chi connectivity index (χ1v) is 9.30. The van der Waals surface area contributed by atoms with Crippen LogP contribution in [0.3, 0.4) is 0 Å². The number of rotatable bonds is 5. The summed E-state index contributed by atoms with van der Waals surface area (Å²) in [5.41, 5.74) is 2.79. The number of hydrogen-bond acceptors (Lipinski definition) is 3. The van der Waals surface area contributed by atoms with Crippen LogP contribution in [0.2, 0.25) is 0 Å². The molecule has 6 heteroatoms. The highest BCUT2D eigenvalue weighted by Gasteiger charge is 2.20. The minimum Gasteiger partial charge on any atom is -0.326 e. The number of anilines is 2. The predicted octanol–water partition coefficient (Wildman–Crippen LogP) is 3.04. The summed E-state index contributed by atoms with van der Waals surface area (Å²) in [5.74, 6) is -0.114. The van der Waals surface area contributed by atoms with E-state index in [9.17, 15) is 9.59 Å². The average Bonchev–Trinajstić information content (AvgIpc) is 2.69. The largest absolute Gasteiger partial charge is 0.326 e.